The average molecular weight is 1050 g/mol. The van der Waals surface area contributed by atoms with Gasteiger partial charge in [0.15, 0.2) is 23.0 Å². The molecule has 8 aromatic carbocycles. The number of imidazole rings is 1. The summed E-state index contributed by atoms with van der Waals surface area (Å²) < 4.78 is 3.81. The minimum Gasteiger partial charge on any atom is -0.303 e. The number of aromatic nitrogens is 7. The molecule has 0 bridgehead atoms. The minimum absolute atomic E-state index is 0.105. The van der Waals surface area contributed by atoms with Gasteiger partial charge in [-0.1, -0.05) is 165 Å². The first kappa shape index (κ1) is 49.3. The molecule has 2 aliphatic carbocycles. The monoisotopic (exact) mass is 1050 g/mol. The smallest absolute Gasteiger partial charge is 0.216 e. The van der Waals surface area contributed by atoms with Crippen molar-refractivity contribution in [3.8, 4) is 108 Å². The van der Waals surface area contributed by atoms with Crippen molar-refractivity contribution in [3.63, 3.8) is 0 Å². The Labute approximate surface area is 474 Å². The van der Waals surface area contributed by atoms with E-state index in [1.165, 1.54) is 22.3 Å². The second-order valence-electron chi connectivity index (χ2n) is 21.5. The van der Waals surface area contributed by atoms with Gasteiger partial charge in [-0.2, -0.15) is 15.5 Å². The number of hydrogen-bond donors (Lipinski definition) is 0. The second kappa shape index (κ2) is 19.4. The SMILES string of the molecule is Cc1c(-c2nc(C3=CC=C=C=C3)cc(-c3ccccc3)n2)cc(-c2nc(-c3ccccc3)cc(-c3ccccc3)n2)c(C)c1-c1cccc(-c2ccc3c(c2)-c2cc4c5ccccc5n(-c5nc(C#N)c(C#N)n5C)c4cc2C3(C)C)c1. The predicted octanol–water partition coefficient (Wildman–Crippen LogP) is 16.7. The molecule has 12 aromatic rings. The zero-order chi connectivity index (χ0) is 55.8. The average Bonchev–Trinajstić information content (AvgIpc) is 2.10. The van der Waals surface area contributed by atoms with Crippen LogP contribution in [0.5, 0.6) is 0 Å². The molecule has 82 heavy (non-hydrogen) atoms. The van der Waals surface area contributed by atoms with Gasteiger partial charge in [-0.25, -0.2) is 19.9 Å². The molecule has 14 rings (SSSR count). The lowest BCUT2D eigenvalue weighted by atomic mass is 9.82. The molecule has 0 amide bonds. The summed E-state index contributed by atoms with van der Waals surface area (Å²) in [7, 11) is 1.80. The Kier molecular flexibility index (Phi) is 11.6. The van der Waals surface area contributed by atoms with E-state index >= 15 is 0 Å². The van der Waals surface area contributed by atoms with E-state index in [0.29, 0.717) is 17.6 Å². The molecule has 4 heterocycles. The number of allylic oxidation sites excluding steroid dienone is 4. The van der Waals surface area contributed by atoms with Crippen molar-refractivity contribution < 1.29 is 0 Å². The molecular formula is C73H49N9. The normalized spacial score (nSPS) is 12.8. The lowest BCUT2D eigenvalue weighted by molar-refractivity contribution is 0.661. The molecule has 0 radical (unpaired) electrons. The van der Waals surface area contributed by atoms with Gasteiger partial charge in [-0.05, 0) is 136 Å². The third kappa shape index (κ3) is 8.04. The highest BCUT2D eigenvalue weighted by Crippen LogP contribution is 2.52. The van der Waals surface area contributed by atoms with Gasteiger partial charge in [0.25, 0.3) is 0 Å². The lowest BCUT2D eigenvalue weighted by Crippen LogP contribution is -2.15. The Morgan fingerprint density at radius 1 is 0.463 bits per heavy atom. The van der Waals surface area contributed by atoms with E-state index in [-0.39, 0.29) is 16.8 Å². The molecule has 0 saturated heterocycles. The van der Waals surface area contributed by atoms with Gasteiger partial charge in [0.1, 0.15) is 12.1 Å². The van der Waals surface area contributed by atoms with Crippen LogP contribution < -0.4 is 0 Å². The highest BCUT2D eigenvalue weighted by molar-refractivity contribution is 6.11. The molecule has 386 valence electrons. The van der Waals surface area contributed by atoms with Crippen LogP contribution >= 0.6 is 0 Å². The van der Waals surface area contributed by atoms with Crippen LogP contribution in [0.1, 0.15) is 53.2 Å². The molecule has 9 nitrogen and oxygen atoms in total. The van der Waals surface area contributed by atoms with E-state index < -0.39 is 0 Å². The van der Waals surface area contributed by atoms with Crippen molar-refractivity contribution in [1.29, 1.82) is 10.5 Å². The molecule has 0 atom stereocenters. The van der Waals surface area contributed by atoms with Gasteiger partial charge in [-0.15, -0.1) is 0 Å². The molecule has 4 aromatic heterocycles. The first-order valence-corrected chi connectivity index (χ1v) is 27.2. The van der Waals surface area contributed by atoms with Crippen molar-refractivity contribution in [3.05, 3.63) is 257 Å². The van der Waals surface area contributed by atoms with E-state index in [9.17, 15) is 10.5 Å². The van der Waals surface area contributed by atoms with Crippen molar-refractivity contribution >= 4 is 27.4 Å². The van der Waals surface area contributed by atoms with Crippen molar-refractivity contribution in [2.45, 2.75) is 33.1 Å². The minimum atomic E-state index is -0.347. The van der Waals surface area contributed by atoms with Crippen molar-refractivity contribution in [2.24, 2.45) is 7.05 Å². The van der Waals surface area contributed by atoms with Crippen LogP contribution in [0.2, 0.25) is 0 Å². The highest BCUT2D eigenvalue weighted by atomic mass is 15.2. The summed E-state index contributed by atoms with van der Waals surface area (Å²) in [6.07, 6.45) is 5.79. The maximum Gasteiger partial charge on any atom is 0.216 e. The fourth-order valence-corrected chi connectivity index (χ4v) is 12.2. The van der Waals surface area contributed by atoms with Crippen LogP contribution in [0.15, 0.2) is 218 Å². The van der Waals surface area contributed by atoms with E-state index in [1.807, 2.05) is 85.0 Å². The molecular weight excluding hydrogens is 1000 g/mol. The molecule has 0 spiro atoms. The van der Waals surface area contributed by atoms with Crippen molar-refractivity contribution in [1.82, 2.24) is 34.1 Å². The zero-order valence-electron chi connectivity index (χ0n) is 45.7. The van der Waals surface area contributed by atoms with Crippen LogP contribution in [0.3, 0.4) is 0 Å². The fraction of sp³-hybridized carbons (Fsp3) is 0.0822. The van der Waals surface area contributed by atoms with E-state index in [2.05, 4.69) is 177 Å². The lowest BCUT2D eigenvalue weighted by Gasteiger charge is -2.22. The number of hydrogen-bond acceptors (Lipinski definition) is 7. The Morgan fingerprint density at radius 2 is 1.02 bits per heavy atom. The van der Waals surface area contributed by atoms with Gasteiger partial charge in [0.05, 0.1) is 33.8 Å². The first-order valence-electron chi connectivity index (χ1n) is 27.2. The van der Waals surface area contributed by atoms with Crippen LogP contribution in [0.4, 0.5) is 0 Å². The number of nitriles is 2. The Hall–Kier alpha value is -11.1. The number of nitrogens with zero attached hydrogens (tertiary/aromatic N) is 9. The third-order valence-electron chi connectivity index (χ3n) is 16.4. The van der Waals surface area contributed by atoms with Gasteiger partial charge in [0, 0.05) is 56.6 Å². The summed E-state index contributed by atoms with van der Waals surface area (Å²) in [4.78, 5) is 26.3. The number of para-hydroxylation sites is 1. The second-order valence-corrected chi connectivity index (χ2v) is 21.5. The summed E-state index contributed by atoms with van der Waals surface area (Å²) in [6, 6.07) is 70.1. The van der Waals surface area contributed by atoms with Crippen LogP contribution in [0.25, 0.3) is 123 Å². The molecule has 0 fully saturated rings. The summed E-state index contributed by atoms with van der Waals surface area (Å²) in [5, 5.41) is 22.2. The largest absolute Gasteiger partial charge is 0.303 e. The third-order valence-corrected chi connectivity index (χ3v) is 16.4. The first-order chi connectivity index (χ1) is 40.1. The van der Waals surface area contributed by atoms with Gasteiger partial charge < -0.3 is 4.57 Å². The summed E-state index contributed by atoms with van der Waals surface area (Å²) in [5.41, 5.74) is 28.0. The molecule has 0 aliphatic heterocycles. The van der Waals surface area contributed by atoms with Gasteiger partial charge in [-0.3, -0.25) is 4.57 Å². The number of benzene rings is 8. The van der Waals surface area contributed by atoms with Gasteiger partial charge >= 0.3 is 0 Å². The maximum absolute atomic E-state index is 10.1. The van der Waals surface area contributed by atoms with Crippen LogP contribution in [-0.2, 0) is 12.5 Å². The maximum atomic E-state index is 10.1. The van der Waals surface area contributed by atoms with E-state index in [1.54, 1.807) is 11.6 Å². The van der Waals surface area contributed by atoms with Crippen molar-refractivity contribution in [2.75, 3.05) is 0 Å². The standard InChI is InChI=1S/C73H49N9/c1-44-54(70-76-61(46-21-10-6-11-22-46)40-62(77-70)47-23-12-7-13-24-47)37-55(71-78-63(48-25-14-8-15-26-48)41-64(79-71)49-27-16-9-17-28-49)45(2)69(44)52-30-20-29-50(35-52)51-33-34-59-56(36-51)57-38-58-53-31-18-19-32-66(53)82(67(58)39-60(57)73(59,3)4)72-80-65(42-74)68(43-75)81(72)5/h6-8,10-16,18-41H,1-5H3. The molecule has 2 aliphatic rings. The zero-order valence-corrected chi connectivity index (χ0v) is 45.7. The number of fused-ring (bicyclic) bond motifs is 6. The molecule has 9 heteroatoms. The summed E-state index contributed by atoms with van der Waals surface area (Å²) in [5.74, 6) is 1.70. The topological polar surface area (TPSA) is 122 Å². The molecule has 0 saturated carbocycles. The quantitative estimate of drug-likeness (QED) is 0.132. The van der Waals surface area contributed by atoms with E-state index in [4.69, 9.17) is 24.9 Å². The Bertz CT molecular complexity index is 4840. The number of rotatable bonds is 9. The van der Waals surface area contributed by atoms with E-state index in [0.717, 1.165) is 111 Å². The Morgan fingerprint density at radius 3 is 1.62 bits per heavy atom. The Balaban J connectivity index is 0.959. The molecule has 0 unspecified atom stereocenters. The summed E-state index contributed by atoms with van der Waals surface area (Å²) >= 11 is 0. The molecule has 0 N–H and O–H groups in total. The summed E-state index contributed by atoms with van der Waals surface area (Å²) in [6.45, 7) is 8.94. The fourth-order valence-electron chi connectivity index (χ4n) is 12.2. The highest BCUT2D eigenvalue weighted by Gasteiger charge is 2.37. The van der Waals surface area contributed by atoms with Gasteiger partial charge in [0.2, 0.25) is 5.95 Å². The predicted molar refractivity (Wildman–Crippen MR) is 327 cm³/mol. The van der Waals surface area contributed by atoms with Crippen LogP contribution in [0, 0.1) is 36.5 Å². The van der Waals surface area contributed by atoms with Crippen LogP contribution in [-0.4, -0.2) is 34.1 Å².